The van der Waals surface area contributed by atoms with E-state index in [9.17, 15) is 17.6 Å². The number of benzene rings is 4. The van der Waals surface area contributed by atoms with Crippen LogP contribution in [0.25, 0.3) is 10.8 Å². The summed E-state index contributed by atoms with van der Waals surface area (Å²) in [7, 11) is 0. The fourth-order valence-electron chi connectivity index (χ4n) is 4.31. The van der Waals surface area contributed by atoms with E-state index in [-0.39, 0.29) is 5.82 Å². The molecule has 38 heavy (non-hydrogen) atoms. The Bertz CT molecular complexity index is 1500. The van der Waals surface area contributed by atoms with Crippen LogP contribution in [0.4, 0.5) is 22.0 Å². The average molecular weight is 519 g/mol. The van der Waals surface area contributed by atoms with Crippen LogP contribution in [0.3, 0.4) is 0 Å². The minimum atomic E-state index is -4.47. The van der Waals surface area contributed by atoms with E-state index in [1.165, 1.54) is 11.6 Å². The molecule has 4 aromatic carbocycles. The summed E-state index contributed by atoms with van der Waals surface area (Å²) in [6.45, 7) is 2.01. The predicted molar refractivity (Wildman–Crippen MR) is 143 cm³/mol. The van der Waals surface area contributed by atoms with E-state index in [1.54, 1.807) is 18.2 Å². The molecule has 0 radical (unpaired) electrons. The number of fused-ring (bicyclic) bond motifs is 1. The van der Waals surface area contributed by atoms with Crippen molar-refractivity contribution in [3.8, 4) is 11.8 Å². The zero-order chi connectivity index (χ0) is 27.1. The van der Waals surface area contributed by atoms with Crippen LogP contribution in [0.15, 0.2) is 84.9 Å². The second-order valence-corrected chi connectivity index (χ2v) is 9.25. The van der Waals surface area contributed by atoms with Crippen LogP contribution < -0.4 is 0 Å². The number of allylic oxidation sites excluding steroid dienone is 2. The fraction of sp³-hybridized carbons (Fsp3) is 0.212. The van der Waals surface area contributed by atoms with Gasteiger partial charge in [-0.3, -0.25) is 0 Å². The minimum Gasteiger partial charge on any atom is -0.207 e. The number of hydrogen-bond acceptors (Lipinski definition) is 0. The summed E-state index contributed by atoms with van der Waals surface area (Å²) >= 11 is 0. The Kier molecular flexibility index (Phi) is 8.63. The van der Waals surface area contributed by atoms with Crippen molar-refractivity contribution in [3.63, 3.8) is 0 Å². The molecule has 0 fully saturated rings. The molecule has 0 heterocycles. The molecule has 0 spiro atoms. The van der Waals surface area contributed by atoms with Crippen LogP contribution in [0, 0.1) is 23.5 Å². The summed E-state index contributed by atoms with van der Waals surface area (Å²) in [6, 6.07) is 20.7. The summed E-state index contributed by atoms with van der Waals surface area (Å²) in [4.78, 5) is 0. The van der Waals surface area contributed by atoms with Crippen LogP contribution in [0.5, 0.6) is 0 Å². The Hall–Kier alpha value is -3.91. The summed E-state index contributed by atoms with van der Waals surface area (Å²) in [5, 5.41) is 1.19. The number of rotatable bonds is 7. The molecule has 0 aliphatic rings. The molecule has 0 saturated heterocycles. The van der Waals surface area contributed by atoms with Crippen molar-refractivity contribution >= 4 is 10.8 Å². The molecule has 5 heteroatoms. The first-order chi connectivity index (χ1) is 18.2. The van der Waals surface area contributed by atoms with Gasteiger partial charge in [0.15, 0.2) is 0 Å². The van der Waals surface area contributed by atoms with Crippen molar-refractivity contribution in [2.45, 2.75) is 45.2 Å². The second-order valence-electron chi connectivity index (χ2n) is 9.25. The SMILES string of the molecule is C/C=C/CCc1ccc(C#Cc2ccc3c(F)c(CCc4ccc(CC(F)(F)F)c(F)c4)ccc3c2)cc1. The number of halogens is 5. The van der Waals surface area contributed by atoms with Crippen molar-refractivity contribution in [3.05, 3.63) is 130 Å². The highest BCUT2D eigenvalue weighted by molar-refractivity contribution is 5.85. The first kappa shape index (κ1) is 27.1. The van der Waals surface area contributed by atoms with Crippen LogP contribution in [-0.4, -0.2) is 6.18 Å². The zero-order valence-electron chi connectivity index (χ0n) is 21.0. The maximum absolute atomic E-state index is 15.2. The third kappa shape index (κ3) is 7.32. The highest BCUT2D eigenvalue weighted by Gasteiger charge is 2.29. The lowest BCUT2D eigenvalue weighted by Crippen LogP contribution is -2.13. The second kappa shape index (κ2) is 12.1. The first-order valence-electron chi connectivity index (χ1n) is 12.5. The van der Waals surface area contributed by atoms with Crippen molar-refractivity contribution < 1.29 is 22.0 Å². The van der Waals surface area contributed by atoms with Gasteiger partial charge in [-0.2, -0.15) is 13.2 Å². The maximum Gasteiger partial charge on any atom is 0.393 e. The van der Waals surface area contributed by atoms with Crippen molar-refractivity contribution in [1.29, 1.82) is 0 Å². The van der Waals surface area contributed by atoms with Crippen LogP contribution in [0.2, 0.25) is 0 Å². The summed E-state index contributed by atoms with van der Waals surface area (Å²) in [5.41, 5.74) is 3.53. The normalized spacial score (nSPS) is 11.6. The van der Waals surface area contributed by atoms with Gasteiger partial charge in [0, 0.05) is 16.5 Å². The molecule has 194 valence electrons. The fourth-order valence-corrected chi connectivity index (χ4v) is 4.31. The Balaban J connectivity index is 1.43. The third-order valence-electron chi connectivity index (χ3n) is 6.37. The van der Waals surface area contributed by atoms with Gasteiger partial charge in [0.1, 0.15) is 11.6 Å². The van der Waals surface area contributed by atoms with E-state index in [2.05, 4.69) is 30.0 Å². The molecular formula is C33H27F5. The topological polar surface area (TPSA) is 0 Å². The van der Waals surface area contributed by atoms with Gasteiger partial charge >= 0.3 is 6.18 Å². The van der Waals surface area contributed by atoms with Crippen molar-refractivity contribution in [1.82, 2.24) is 0 Å². The number of alkyl halides is 3. The summed E-state index contributed by atoms with van der Waals surface area (Å²) in [5.74, 6) is 5.04. The van der Waals surface area contributed by atoms with Gasteiger partial charge in [-0.25, -0.2) is 8.78 Å². The monoisotopic (exact) mass is 518 g/mol. The van der Waals surface area contributed by atoms with Crippen LogP contribution >= 0.6 is 0 Å². The maximum atomic E-state index is 15.2. The lowest BCUT2D eigenvalue weighted by molar-refractivity contribution is -0.127. The molecule has 0 N–H and O–H groups in total. The largest absolute Gasteiger partial charge is 0.393 e. The molecule has 0 aliphatic heterocycles. The molecule has 0 atom stereocenters. The van der Waals surface area contributed by atoms with Gasteiger partial charge in [0.2, 0.25) is 0 Å². The van der Waals surface area contributed by atoms with Gasteiger partial charge in [-0.15, -0.1) is 0 Å². The third-order valence-corrected chi connectivity index (χ3v) is 6.37. The molecule has 0 aromatic heterocycles. The Morgan fingerprint density at radius 3 is 2.11 bits per heavy atom. The van der Waals surface area contributed by atoms with Crippen LogP contribution in [-0.2, 0) is 25.7 Å². The molecule has 0 bridgehead atoms. The molecule has 0 saturated carbocycles. The highest BCUT2D eigenvalue weighted by atomic mass is 19.4. The number of aryl methyl sites for hydroxylation is 3. The summed E-state index contributed by atoms with van der Waals surface area (Å²) < 4.78 is 66.9. The van der Waals surface area contributed by atoms with E-state index in [0.29, 0.717) is 29.4 Å². The standard InChI is InChI=1S/C33H27F5/c1-2-3-4-5-23-6-8-24(9-7-23)10-11-25-14-19-30-28(20-25)18-17-27(32(30)35)15-12-26-13-16-29(31(34)21-26)22-33(36,37)38/h2-3,6-9,13-14,16-21H,4-5,12,15,22H2,1H3/b3-2+. The van der Waals surface area contributed by atoms with Gasteiger partial charge in [0.05, 0.1) is 6.42 Å². The Labute approximate surface area is 219 Å². The van der Waals surface area contributed by atoms with Gasteiger partial charge in [-0.05, 0) is 90.6 Å². The number of hydrogen-bond donors (Lipinski definition) is 0. The van der Waals surface area contributed by atoms with Gasteiger partial charge < -0.3 is 0 Å². The Morgan fingerprint density at radius 2 is 1.39 bits per heavy atom. The average Bonchev–Trinajstić information content (AvgIpc) is 2.89. The predicted octanol–water partition coefficient (Wildman–Crippen LogP) is 8.92. The van der Waals surface area contributed by atoms with Gasteiger partial charge in [0.25, 0.3) is 0 Å². The lowest BCUT2D eigenvalue weighted by Gasteiger charge is -2.10. The molecule has 4 aromatic rings. The first-order valence-corrected chi connectivity index (χ1v) is 12.5. The Morgan fingerprint density at radius 1 is 0.711 bits per heavy atom. The lowest BCUT2D eigenvalue weighted by atomic mass is 9.98. The van der Waals surface area contributed by atoms with Gasteiger partial charge in [-0.1, -0.05) is 66.5 Å². The molecule has 0 amide bonds. The minimum absolute atomic E-state index is 0.298. The quantitative estimate of drug-likeness (QED) is 0.130. The molecule has 0 unspecified atom stereocenters. The molecule has 4 rings (SSSR count). The summed E-state index contributed by atoms with van der Waals surface area (Å²) in [6.07, 6.45) is 1.01. The van der Waals surface area contributed by atoms with Crippen molar-refractivity contribution in [2.75, 3.05) is 0 Å². The zero-order valence-corrected chi connectivity index (χ0v) is 21.0. The highest BCUT2D eigenvalue weighted by Crippen LogP contribution is 2.26. The smallest absolute Gasteiger partial charge is 0.207 e. The molecule has 0 aliphatic carbocycles. The van der Waals surface area contributed by atoms with E-state index in [1.807, 2.05) is 37.3 Å². The van der Waals surface area contributed by atoms with E-state index in [4.69, 9.17) is 0 Å². The molecule has 0 nitrogen and oxygen atoms in total. The van der Waals surface area contributed by atoms with E-state index in [0.717, 1.165) is 41.5 Å². The van der Waals surface area contributed by atoms with Crippen molar-refractivity contribution in [2.24, 2.45) is 0 Å². The van der Waals surface area contributed by atoms with Crippen LogP contribution in [0.1, 0.15) is 46.7 Å². The van der Waals surface area contributed by atoms with E-state index < -0.39 is 24.0 Å². The molecular weight excluding hydrogens is 491 g/mol. The van der Waals surface area contributed by atoms with E-state index >= 15 is 4.39 Å².